The number of methoxy groups -OCH3 is 1. The second-order valence-corrected chi connectivity index (χ2v) is 7.39. The predicted octanol–water partition coefficient (Wildman–Crippen LogP) is 2.02. The molecular formula is C18H22N2O4S. The van der Waals surface area contributed by atoms with Gasteiger partial charge < -0.3 is 10.1 Å². The van der Waals surface area contributed by atoms with Crippen molar-refractivity contribution in [2.45, 2.75) is 18.7 Å². The van der Waals surface area contributed by atoms with Gasteiger partial charge >= 0.3 is 0 Å². The molecular weight excluding hydrogens is 340 g/mol. The maximum atomic E-state index is 12.4. The maximum Gasteiger partial charge on any atom is 0.251 e. The number of hydrogen-bond donors (Lipinski definition) is 2. The van der Waals surface area contributed by atoms with E-state index in [0.29, 0.717) is 16.9 Å². The third-order valence-corrected chi connectivity index (χ3v) is 5.29. The van der Waals surface area contributed by atoms with Crippen LogP contribution in [0.3, 0.4) is 0 Å². The zero-order valence-corrected chi connectivity index (χ0v) is 15.3. The van der Waals surface area contributed by atoms with Crippen molar-refractivity contribution in [3.8, 4) is 5.75 Å². The first-order valence-corrected chi connectivity index (χ1v) is 9.31. The molecule has 25 heavy (non-hydrogen) atoms. The Hall–Kier alpha value is -2.38. The molecule has 0 aliphatic rings. The minimum absolute atomic E-state index is 0.109. The number of hydrogen-bond acceptors (Lipinski definition) is 4. The highest BCUT2D eigenvalue weighted by molar-refractivity contribution is 7.89. The number of aryl methyl sites for hydroxylation is 2. The lowest BCUT2D eigenvalue weighted by Crippen LogP contribution is -2.35. The average molecular weight is 362 g/mol. The highest BCUT2D eigenvalue weighted by atomic mass is 32.2. The molecule has 2 aromatic carbocycles. The second-order valence-electron chi connectivity index (χ2n) is 5.65. The minimum atomic E-state index is -3.60. The molecule has 2 N–H and O–H groups in total. The van der Waals surface area contributed by atoms with Crippen molar-refractivity contribution < 1.29 is 17.9 Å². The van der Waals surface area contributed by atoms with Crippen LogP contribution in [0.15, 0.2) is 47.4 Å². The zero-order valence-electron chi connectivity index (χ0n) is 14.5. The third-order valence-electron chi connectivity index (χ3n) is 3.69. The van der Waals surface area contributed by atoms with Gasteiger partial charge in [0.15, 0.2) is 0 Å². The summed E-state index contributed by atoms with van der Waals surface area (Å²) >= 11 is 0. The first kappa shape index (κ1) is 19.0. The van der Waals surface area contributed by atoms with E-state index in [0.717, 1.165) is 5.56 Å². The van der Waals surface area contributed by atoms with Crippen molar-refractivity contribution >= 4 is 15.9 Å². The Labute approximate surface area is 148 Å². The molecule has 0 aromatic heterocycles. The number of amides is 1. The Morgan fingerprint density at radius 3 is 2.36 bits per heavy atom. The van der Waals surface area contributed by atoms with Crippen LogP contribution in [0.5, 0.6) is 5.75 Å². The van der Waals surface area contributed by atoms with E-state index >= 15 is 0 Å². The Morgan fingerprint density at radius 2 is 1.72 bits per heavy atom. The molecule has 0 heterocycles. The van der Waals surface area contributed by atoms with E-state index in [1.54, 1.807) is 50.4 Å². The molecule has 0 spiro atoms. The summed E-state index contributed by atoms with van der Waals surface area (Å²) in [6.07, 6.45) is 0. The van der Waals surface area contributed by atoms with Gasteiger partial charge in [-0.3, -0.25) is 4.79 Å². The van der Waals surface area contributed by atoms with Gasteiger partial charge in [0, 0.05) is 18.7 Å². The molecule has 0 aliphatic carbocycles. The van der Waals surface area contributed by atoms with Gasteiger partial charge in [0.05, 0.1) is 12.0 Å². The number of benzene rings is 2. The van der Waals surface area contributed by atoms with E-state index in [1.165, 1.54) is 0 Å². The van der Waals surface area contributed by atoms with Crippen LogP contribution in [0.4, 0.5) is 0 Å². The molecule has 0 saturated heterocycles. The lowest BCUT2D eigenvalue weighted by molar-refractivity contribution is 0.0954. The zero-order chi connectivity index (χ0) is 18.4. The van der Waals surface area contributed by atoms with Crippen LogP contribution in [0.2, 0.25) is 0 Å². The molecule has 6 nitrogen and oxygen atoms in total. The Kier molecular flexibility index (Phi) is 6.17. The van der Waals surface area contributed by atoms with Gasteiger partial charge in [-0.25, -0.2) is 13.1 Å². The Balaban J connectivity index is 1.89. The van der Waals surface area contributed by atoms with Crippen molar-refractivity contribution in [3.05, 3.63) is 59.2 Å². The van der Waals surface area contributed by atoms with Crippen molar-refractivity contribution in [3.63, 3.8) is 0 Å². The summed E-state index contributed by atoms with van der Waals surface area (Å²) in [4.78, 5) is 12.3. The van der Waals surface area contributed by atoms with Crippen LogP contribution in [0, 0.1) is 13.8 Å². The van der Waals surface area contributed by atoms with Crippen molar-refractivity contribution in [1.29, 1.82) is 0 Å². The Morgan fingerprint density at radius 1 is 1.04 bits per heavy atom. The van der Waals surface area contributed by atoms with Crippen LogP contribution >= 0.6 is 0 Å². The van der Waals surface area contributed by atoms with E-state index < -0.39 is 10.0 Å². The summed E-state index contributed by atoms with van der Waals surface area (Å²) in [6.45, 7) is 3.89. The molecule has 0 unspecified atom stereocenters. The summed E-state index contributed by atoms with van der Waals surface area (Å²) < 4.78 is 32.2. The molecule has 2 aromatic rings. The third kappa shape index (κ3) is 5.04. The minimum Gasteiger partial charge on any atom is -0.497 e. The van der Waals surface area contributed by atoms with Crippen LogP contribution in [0.25, 0.3) is 0 Å². The molecule has 0 bridgehead atoms. The molecule has 0 atom stereocenters. The summed E-state index contributed by atoms with van der Waals surface area (Å²) in [6, 6.07) is 11.9. The van der Waals surface area contributed by atoms with Crippen LogP contribution < -0.4 is 14.8 Å². The SMILES string of the molecule is COc1ccc(C(=O)NCCNS(=O)(=O)c2cc(C)ccc2C)cc1. The van der Waals surface area contributed by atoms with Crippen molar-refractivity contribution in [1.82, 2.24) is 10.0 Å². The number of carbonyl (C=O) groups excluding carboxylic acids is 1. The fourth-order valence-corrected chi connectivity index (χ4v) is 3.64. The summed E-state index contributed by atoms with van der Waals surface area (Å²) in [5.41, 5.74) is 2.04. The van der Waals surface area contributed by atoms with E-state index in [-0.39, 0.29) is 23.9 Å². The van der Waals surface area contributed by atoms with Gasteiger partial charge in [-0.05, 0) is 55.3 Å². The summed E-state index contributed by atoms with van der Waals surface area (Å²) in [5, 5.41) is 2.68. The fourth-order valence-electron chi connectivity index (χ4n) is 2.28. The molecule has 0 radical (unpaired) electrons. The van der Waals surface area contributed by atoms with Crippen LogP contribution in [0.1, 0.15) is 21.5 Å². The highest BCUT2D eigenvalue weighted by Crippen LogP contribution is 2.16. The van der Waals surface area contributed by atoms with Gasteiger partial charge in [-0.1, -0.05) is 12.1 Å². The van der Waals surface area contributed by atoms with Crippen molar-refractivity contribution in [2.24, 2.45) is 0 Å². The standard InChI is InChI=1S/C18H22N2O4S/c1-13-4-5-14(2)17(12-13)25(22,23)20-11-10-19-18(21)15-6-8-16(24-3)9-7-15/h4-9,12,20H,10-11H2,1-3H3,(H,19,21). The van der Waals surface area contributed by atoms with Crippen molar-refractivity contribution in [2.75, 3.05) is 20.2 Å². The summed E-state index contributed by atoms with van der Waals surface area (Å²) in [5.74, 6) is 0.395. The molecule has 0 aliphatic heterocycles. The smallest absolute Gasteiger partial charge is 0.251 e. The quantitative estimate of drug-likeness (QED) is 0.738. The van der Waals surface area contributed by atoms with E-state index in [2.05, 4.69) is 10.0 Å². The number of nitrogens with one attached hydrogen (secondary N) is 2. The molecule has 1 amide bonds. The monoisotopic (exact) mass is 362 g/mol. The predicted molar refractivity (Wildman–Crippen MR) is 96.4 cm³/mol. The van der Waals surface area contributed by atoms with Gasteiger partial charge in [-0.15, -0.1) is 0 Å². The largest absolute Gasteiger partial charge is 0.497 e. The lowest BCUT2D eigenvalue weighted by atomic mass is 10.2. The van der Waals surface area contributed by atoms with Gasteiger partial charge in [0.1, 0.15) is 5.75 Å². The summed E-state index contributed by atoms with van der Waals surface area (Å²) in [7, 11) is -2.05. The maximum absolute atomic E-state index is 12.4. The van der Waals surface area contributed by atoms with E-state index in [4.69, 9.17) is 4.74 Å². The highest BCUT2D eigenvalue weighted by Gasteiger charge is 2.16. The van der Waals surface area contributed by atoms with Gasteiger partial charge in [-0.2, -0.15) is 0 Å². The first-order valence-electron chi connectivity index (χ1n) is 7.82. The molecule has 0 saturated carbocycles. The molecule has 134 valence electrons. The van der Waals surface area contributed by atoms with E-state index in [1.807, 2.05) is 13.0 Å². The van der Waals surface area contributed by atoms with Crippen LogP contribution in [-0.2, 0) is 10.0 Å². The van der Waals surface area contributed by atoms with Gasteiger partial charge in [0.2, 0.25) is 10.0 Å². The molecule has 0 fully saturated rings. The lowest BCUT2D eigenvalue weighted by Gasteiger charge is -2.11. The Bertz CT molecular complexity index is 846. The van der Waals surface area contributed by atoms with E-state index in [9.17, 15) is 13.2 Å². The first-order chi connectivity index (χ1) is 11.8. The number of sulfonamides is 1. The van der Waals surface area contributed by atoms with Crippen LogP contribution in [-0.4, -0.2) is 34.5 Å². The second kappa shape index (κ2) is 8.13. The molecule has 2 rings (SSSR count). The number of rotatable bonds is 7. The topological polar surface area (TPSA) is 84.5 Å². The number of ether oxygens (including phenoxy) is 1. The molecule has 7 heteroatoms. The average Bonchev–Trinajstić information content (AvgIpc) is 2.60. The normalized spacial score (nSPS) is 11.2. The van der Waals surface area contributed by atoms with Gasteiger partial charge in [0.25, 0.3) is 5.91 Å². The fraction of sp³-hybridized carbons (Fsp3) is 0.278. The number of carbonyl (C=O) groups is 1.